The highest BCUT2D eigenvalue weighted by atomic mass is 19.1. The van der Waals surface area contributed by atoms with Crippen molar-refractivity contribution < 1.29 is 27.1 Å². The Balaban J connectivity index is 1.67. The Morgan fingerprint density at radius 2 is 1.91 bits per heavy atom. The average molecular weight is 472 g/mol. The first-order chi connectivity index (χ1) is 16.2. The van der Waals surface area contributed by atoms with E-state index in [1.807, 2.05) is 6.92 Å². The number of fused-ring (bicyclic) bond motifs is 3. The smallest absolute Gasteiger partial charge is 0.330 e. The van der Waals surface area contributed by atoms with Crippen molar-refractivity contribution in [2.24, 2.45) is 0 Å². The summed E-state index contributed by atoms with van der Waals surface area (Å²) in [6, 6.07) is 5.65. The van der Waals surface area contributed by atoms with Crippen LogP contribution in [0.2, 0.25) is 0 Å². The number of alkyl halides is 1. The number of ether oxygens (including phenoxy) is 1. The predicted octanol–water partition coefficient (Wildman–Crippen LogP) is 5.61. The standard InChI is InChI=1S/C26H24F4N2O2/c1-14-10-16-22-17(27)4-3-5-20(22)31-24(16)25(32(14)13-26(30)8-9-26)23-18(28)11-15(12-19(23)29)6-7-21(33)34-2/h3-7,11-12,14,25,31H,8-10,13H2,1-2H3/b7-6+/t14-,25?/m0/s1. The van der Waals surface area contributed by atoms with Gasteiger partial charge in [0.2, 0.25) is 0 Å². The lowest BCUT2D eigenvalue weighted by Crippen LogP contribution is -2.46. The number of aromatic amines is 1. The molecule has 1 aliphatic carbocycles. The summed E-state index contributed by atoms with van der Waals surface area (Å²) < 4.78 is 65.1. The SMILES string of the molecule is COC(=O)/C=C/c1cc(F)c(C2c3[nH]c4cccc(F)c4c3C[C@H](C)N2CC2(F)CC2)c(F)c1. The van der Waals surface area contributed by atoms with Crippen molar-refractivity contribution in [1.29, 1.82) is 0 Å². The van der Waals surface area contributed by atoms with Gasteiger partial charge in [-0.05, 0) is 67.7 Å². The van der Waals surface area contributed by atoms with Crippen molar-refractivity contribution in [3.05, 3.63) is 76.2 Å². The molecule has 8 heteroatoms. The van der Waals surface area contributed by atoms with Gasteiger partial charge in [0, 0.05) is 40.8 Å². The lowest BCUT2D eigenvalue weighted by Gasteiger charge is -2.41. The fourth-order valence-electron chi connectivity index (χ4n) is 4.94. The highest BCUT2D eigenvalue weighted by Crippen LogP contribution is 2.47. The first kappa shape index (κ1) is 22.7. The molecule has 1 unspecified atom stereocenters. The first-order valence-electron chi connectivity index (χ1n) is 11.2. The van der Waals surface area contributed by atoms with Crippen LogP contribution in [0.15, 0.2) is 36.4 Å². The van der Waals surface area contributed by atoms with E-state index in [-0.39, 0.29) is 23.7 Å². The molecule has 4 nitrogen and oxygen atoms in total. The number of hydrogen-bond donors (Lipinski definition) is 1. The third-order valence-corrected chi connectivity index (χ3v) is 6.83. The second-order valence-electron chi connectivity index (χ2n) is 9.21. The molecule has 178 valence electrons. The Kier molecular flexibility index (Phi) is 5.51. The molecular weight excluding hydrogens is 448 g/mol. The zero-order valence-corrected chi connectivity index (χ0v) is 18.8. The lowest BCUT2D eigenvalue weighted by atomic mass is 9.87. The summed E-state index contributed by atoms with van der Waals surface area (Å²) in [4.78, 5) is 16.3. The van der Waals surface area contributed by atoms with Crippen LogP contribution in [0.4, 0.5) is 17.6 Å². The average Bonchev–Trinajstić information content (AvgIpc) is 3.40. The molecule has 1 aromatic heterocycles. The molecule has 1 saturated carbocycles. The number of carbonyl (C=O) groups excluding carboxylic acids is 1. The summed E-state index contributed by atoms with van der Waals surface area (Å²) in [5.74, 6) is -2.73. The lowest BCUT2D eigenvalue weighted by molar-refractivity contribution is -0.134. The number of aromatic nitrogens is 1. The molecule has 2 heterocycles. The summed E-state index contributed by atoms with van der Waals surface area (Å²) >= 11 is 0. The number of carbonyl (C=O) groups is 1. The van der Waals surface area contributed by atoms with Crippen LogP contribution in [0.1, 0.15) is 48.2 Å². The largest absolute Gasteiger partial charge is 0.466 e. The van der Waals surface area contributed by atoms with E-state index in [1.54, 1.807) is 17.0 Å². The number of esters is 1. The molecule has 0 bridgehead atoms. The molecule has 1 aliphatic heterocycles. The summed E-state index contributed by atoms with van der Waals surface area (Å²) in [6.45, 7) is 1.89. The molecule has 34 heavy (non-hydrogen) atoms. The zero-order chi connectivity index (χ0) is 24.2. The topological polar surface area (TPSA) is 45.3 Å². The van der Waals surface area contributed by atoms with Crippen molar-refractivity contribution in [3.8, 4) is 0 Å². The van der Waals surface area contributed by atoms with Crippen LogP contribution in [0, 0.1) is 17.5 Å². The summed E-state index contributed by atoms with van der Waals surface area (Å²) in [5, 5.41) is 0.397. The van der Waals surface area contributed by atoms with E-state index in [0.717, 1.165) is 18.2 Å². The molecular formula is C26H24F4N2O2. The maximum Gasteiger partial charge on any atom is 0.330 e. The Morgan fingerprint density at radius 3 is 2.56 bits per heavy atom. The fraction of sp³-hybridized carbons (Fsp3) is 0.346. The van der Waals surface area contributed by atoms with E-state index in [4.69, 9.17) is 0 Å². The minimum absolute atomic E-state index is 0.0268. The molecule has 1 N–H and O–H groups in total. The monoisotopic (exact) mass is 472 g/mol. The Morgan fingerprint density at radius 1 is 1.21 bits per heavy atom. The molecule has 2 atom stereocenters. The number of nitrogens with zero attached hydrogens (tertiary/aromatic N) is 1. The van der Waals surface area contributed by atoms with Crippen LogP contribution >= 0.6 is 0 Å². The quantitative estimate of drug-likeness (QED) is 0.298. The number of nitrogens with one attached hydrogen (secondary N) is 1. The first-order valence-corrected chi connectivity index (χ1v) is 11.2. The fourth-order valence-corrected chi connectivity index (χ4v) is 4.94. The predicted molar refractivity (Wildman–Crippen MR) is 120 cm³/mol. The molecule has 0 spiro atoms. The highest BCUT2D eigenvalue weighted by molar-refractivity contribution is 5.87. The van der Waals surface area contributed by atoms with Gasteiger partial charge in [-0.1, -0.05) is 6.07 Å². The van der Waals surface area contributed by atoms with Gasteiger partial charge in [-0.25, -0.2) is 22.4 Å². The van der Waals surface area contributed by atoms with Gasteiger partial charge in [0.05, 0.1) is 13.2 Å². The molecule has 0 saturated heterocycles. The minimum Gasteiger partial charge on any atom is -0.466 e. The second-order valence-corrected chi connectivity index (χ2v) is 9.21. The van der Waals surface area contributed by atoms with Crippen LogP contribution in [-0.2, 0) is 16.0 Å². The van der Waals surface area contributed by atoms with E-state index >= 15 is 8.78 Å². The van der Waals surface area contributed by atoms with Crippen molar-refractivity contribution in [2.75, 3.05) is 13.7 Å². The van der Waals surface area contributed by atoms with Crippen LogP contribution in [0.5, 0.6) is 0 Å². The van der Waals surface area contributed by atoms with Gasteiger partial charge in [0.15, 0.2) is 0 Å². The van der Waals surface area contributed by atoms with Crippen molar-refractivity contribution >= 4 is 22.9 Å². The van der Waals surface area contributed by atoms with E-state index in [2.05, 4.69) is 9.72 Å². The Hall–Kier alpha value is -3.13. The minimum atomic E-state index is -1.39. The number of halogens is 4. The van der Waals surface area contributed by atoms with Gasteiger partial charge < -0.3 is 9.72 Å². The van der Waals surface area contributed by atoms with E-state index in [0.29, 0.717) is 41.4 Å². The van der Waals surface area contributed by atoms with Gasteiger partial charge in [0.25, 0.3) is 0 Å². The van der Waals surface area contributed by atoms with Crippen LogP contribution < -0.4 is 0 Å². The second kappa shape index (κ2) is 8.27. The maximum atomic E-state index is 15.5. The molecule has 0 radical (unpaired) electrons. The molecule has 2 aliphatic rings. The Bertz CT molecular complexity index is 1290. The van der Waals surface area contributed by atoms with Crippen LogP contribution in [0.3, 0.4) is 0 Å². The van der Waals surface area contributed by atoms with Gasteiger partial charge >= 0.3 is 5.97 Å². The van der Waals surface area contributed by atoms with Crippen molar-refractivity contribution in [2.45, 2.75) is 43.9 Å². The van der Waals surface area contributed by atoms with Gasteiger partial charge in [-0.2, -0.15) is 0 Å². The van der Waals surface area contributed by atoms with E-state index in [9.17, 15) is 13.6 Å². The number of rotatable bonds is 5. The summed E-state index contributed by atoms with van der Waals surface area (Å²) in [5.41, 5.74) is 0.170. The van der Waals surface area contributed by atoms with Crippen LogP contribution in [-0.4, -0.2) is 41.2 Å². The summed E-state index contributed by atoms with van der Waals surface area (Å²) in [7, 11) is 1.20. The highest BCUT2D eigenvalue weighted by Gasteiger charge is 2.49. The molecule has 3 aromatic rings. The third kappa shape index (κ3) is 3.90. The van der Waals surface area contributed by atoms with Gasteiger partial charge in [-0.15, -0.1) is 0 Å². The van der Waals surface area contributed by atoms with Crippen molar-refractivity contribution in [1.82, 2.24) is 9.88 Å². The maximum absolute atomic E-state index is 15.5. The van der Waals surface area contributed by atoms with Crippen LogP contribution in [0.25, 0.3) is 17.0 Å². The normalized spacial score (nSPS) is 21.7. The number of methoxy groups -OCH3 is 1. The molecule has 2 aromatic carbocycles. The number of hydrogen-bond acceptors (Lipinski definition) is 3. The molecule has 0 amide bonds. The zero-order valence-electron chi connectivity index (χ0n) is 18.8. The Labute approximate surface area is 194 Å². The van der Waals surface area contributed by atoms with Crippen molar-refractivity contribution in [3.63, 3.8) is 0 Å². The third-order valence-electron chi connectivity index (χ3n) is 6.83. The van der Waals surface area contributed by atoms with E-state index < -0.39 is 35.1 Å². The molecule has 1 fully saturated rings. The van der Waals surface area contributed by atoms with E-state index in [1.165, 1.54) is 19.3 Å². The summed E-state index contributed by atoms with van der Waals surface area (Å²) in [6.07, 6.45) is 3.56. The molecule has 5 rings (SSSR count). The number of H-pyrrole nitrogens is 1. The number of benzene rings is 2. The van der Waals surface area contributed by atoms with Gasteiger partial charge in [-0.3, -0.25) is 4.90 Å². The van der Waals surface area contributed by atoms with Gasteiger partial charge in [0.1, 0.15) is 23.1 Å².